The van der Waals surface area contributed by atoms with Gasteiger partial charge in [0.25, 0.3) is 0 Å². The largest absolute Gasteiger partial charge is 0.236 e. The predicted octanol–water partition coefficient (Wildman–Crippen LogP) is 4.45. The van der Waals surface area contributed by atoms with Gasteiger partial charge in [-0.25, -0.2) is 4.68 Å². The monoisotopic (exact) mass is 356 g/mol. The summed E-state index contributed by atoms with van der Waals surface area (Å²) in [5.41, 5.74) is 5.81. The molecule has 2 nitrogen and oxygen atoms in total. The van der Waals surface area contributed by atoms with E-state index in [0.29, 0.717) is 0 Å². The summed E-state index contributed by atoms with van der Waals surface area (Å²) in [6.07, 6.45) is 0. The van der Waals surface area contributed by atoms with E-state index in [0.717, 1.165) is 26.9 Å². The van der Waals surface area contributed by atoms with Gasteiger partial charge in [-0.05, 0) is 48.3 Å². The maximum atomic E-state index is 4.57. The highest BCUT2D eigenvalue weighted by Crippen LogP contribution is 2.26. The first-order valence-corrected chi connectivity index (χ1v) is 7.33. The Morgan fingerprint density at radius 3 is 2.47 bits per heavy atom. The predicted molar refractivity (Wildman–Crippen MR) is 78.1 cm³/mol. The zero-order valence-corrected chi connectivity index (χ0v) is 13.3. The maximum Gasteiger partial charge on any atom is 0.0743 e. The fourth-order valence-corrected chi connectivity index (χ4v) is 2.58. The Balaban J connectivity index is 2.64. The average molecular weight is 358 g/mol. The lowest BCUT2D eigenvalue weighted by atomic mass is 10.1. The van der Waals surface area contributed by atoms with Crippen molar-refractivity contribution in [1.29, 1.82) is 0 Å². The minimum absolute atomic E-state index is 0.833. The van der Waals surface area contributed by atoms with Gasteiger partial charge in [0.15, 0.2) is 0 Å². The van der Waals surface area contributed by atoms with E-state index in [4.69, 9.17) is 0 Å². The summed E-state index contributed by atoms with van der Waals surface area (Å²) in [4.78, 5) is 0. The molecule has 1 aromatic heterocycles. The normalized spacial score (nSPS) is 10.9. The van der Waals surface area contributed by atoms with Gasteiger partial charge in [-0.2, -0.15) is 5.10 Å². The van der Waals surface area contributed by atoms with E-state index in [-0.39, 0.29) is 0 Å². The van der Waals surface area contributed by atoms with Crippen LogP contribution in [0.2, 0.25) is 0 Å². The fourth-order valence-electron chi connectivity index (χ4n) is 1.89. The van der Waals surface area contributed by atoms with Crippen molar-refractivity contribution in [2.45, 2.75) is 26.1 Å². The molecule has 0 amide bonds. The van der Waals surface area contributed by atoms with Gasteiger partial charge in [-0.3, -0.25) is 0 Å². The Morgan fingerprint density at radius 1 is 1.24 bits per heavy atom. The number of hydrogen-bond acceptors (Lipinski definition) is 1. The fraction of sp³-hybridized carbons (Fsp3) is 0.308. The molecule has 0 bridgehead atoms. The van der Waals surface area contributed by atoms with E-state index in [9.17, 15) is 0 Å². The first kappa shape index (κ1) is 12.8. The lowest BCUT2D eigenvalue weighted by Crippen LogP contribution is -2.03. The van der Waals surface area contributed by atoms with Crippen LogP contribution in [0.25, 0.3) is 5.69 Å². The molecule has 0 saturated carbocycles. The third-order valence-corrected chi connectivity index (χ3v) is 4.56. The molecule has 1 aromatic carbocycles. The second-order valence-corrected chi connectivity index (χ2v) is 5.52. The molecular weight excluding hydrogens is 344 g/mol. The number of aryl methyl sites for hydroxylation is 2. The molecule has 0 aliphatic rings. The number of aromatic nitrogens is 2. The van der Waals surface area contributed by atoms with Crippen molar-refractivity contribution < 1.29 is 0 Å². The van der Waals surface area contributed by atoms with Crippen molar-refractivity contribution in [2.24, 2.45) is 0 Å². The molecule has 2 aromatic rings. The first-order chi connectivity index (χ1) is 8.04. The first-order valence-electron chi connectivity index (χ1n) is 5.42. The molecule has 0 fully saturated rings. The third kappa shape index (κ3) is 2.33. The van der Waals surface area contributed by atoms with Gasteiger partial charge in [0.2, 0.25) is 0 Å². The van der Waals surface area contributed by atoms with Crippen molar-refractivity contribution in [3.05, 3.63) is 45.2 Å². The van der Waals surface area contributed by atoms with Crippen LogP contribution in [0.5, 0.6) is 0 Å². The number of rotatable bonds is 2. The standard InChI is InChI=1S/C13H14Br2N2/c1-8-4-5-12(11(6-8)7-14)17-10(3)13(15)9(2)16-17/h4-6H,7H2,1-3H3. The van der Waals surface area contributed by atoms with Crippen LogP contribution in [-0.4, -0.2) is 9.78 Å². The summed E-state index contributed by atoms with van der Waals surface area (Å²) in [6.45, 7) is 6.19. The summed E-state index contributed by atoms with van der Waals surface area (Å²) >= 11 is 7.10. The Kier molecular flexibility index (Phi) is 3.73. The number of alkyl halides is 1. The lowest BCUT2D eigenvalue weighted by Gasteiger charge is -2.10. The van der Waals surface area contributed by atoms with Crippen molar-refractivity contribution in [2.75, 3.05) is 0 Å². The molecule has 90 valence electrons. The third-order valence-electron chi connectivity index (χ3n) is 2.81. The number of benzene rings is 1. The average Bonchev–Trinajstić information content (AvgIpc) is 2.57. The SMILES string of the molecule is Cc1ccc(-n2nc(C)c(Br)c2C)c(CBr)c1. The molecule has 17 heavy (non-hydrogen) atoms. The molecule has 0 aliphatic heterocycles. The lowest BCUT2D eigenvalue weighted by molar-refractivity contribution is 0.826. The number of hydrogen-bond donors (Lipinski definition) is 0. The molecule has 2 rings (SSSR count). The van der Waals surface area contributed by atoms with Crippen molar-refractivity contribution >= 4 is 31.9 Å². The topological polar surface area (TPSA) is 17.8 Å². The zero-order chi connectivity index (χ0) is 12.6. The molecule has 0 unspecified atom stereocenters. The van der Waals surface area contributed by atoms with E-state index in [1.54, 1.807) is 0 Å². The van der Waals surface area contributed by atoms with Crippen molar-refractivity contribution in [3.8, 4) is 5.69 Å². The summed E-state index contributed by atoms with van der Waals surface area (Å²) in [5.74, 6) is 0. The van der Waals surface area contributed by atoms with Crippen LogP contribution in [0.1, 0.15) is 22.5 Å². The van der Waals surface area contributed by atoms with Crippen molar-refractivity contribution in [3.63, 3.8) is 0 Å². The number of nitrogens with zero attached hydrogens (tertiary/aromatic N) is 2. The highest BCUT2D eigenvalue weighted by atomic mass is 79.9. The van der Waals surface area contributed by atoms with Gasteiger partial charge in [-0.15, -0.1) is 0 Å². The van der Waals surface area contributed by atoms with Gasteiger partial charge in [-0.1, -0.05) is 33.6 Å². The molecule has 0 N–H and O–H groups in total. The van der Waals surface area contributed by atoms with Gasteiger partial charge in [0.1, 0.15) is 0 Å². The maximum absolute atomic E-state index is 4.57. The quantitative estimate of drug-likeness (QED) is 0.726. The molecule has 0 saturated heterocycles. The molecule has 0 radical (unpaired) electrons. The van der Waals surface area contributed by atoms with Gasteiger partial charge in [0.05, 0.1) is 21.5 Å². The van der Waals surface area contributed by atoms with Crippen LogP contribution >= 0.6 is 31.9 Å². The van der Waals surface area contributed by atoms with E-state index < -0.39 is 0 Å². The van der Waals surface area contributed by atoms with E-state index >= 15 is 0 Å². The van der Waals surface area contributed by atoms with Crippen LogP contribution in [-0.2, 0) is 5.33 Å². The van der Waals surface area contributed by atoms with E-state index in [1.807, 2.05) is 11.6 Å². The Labute approximate surface area is 118 Å². The summed E-state index contributed by atoms with van der Waals surface area (Å²) in [5, 5.41) is 5.40. The van der Waals surface area contributed by atoms with Crippen LogP contribution in [0.4, 0.5) is 0 Å². The van der Waals surface area contributed by atoms with E-state index in [2.05, 4.69) is 69.0 Å². The molecule has 1 heterocycles. The van der Waals surface area contributed by atoms with Crippen LogP contribution in [0.15, 0.2) is 22.7 Å². The Bertz CT molecular complexity index is 559. The second-order valence-electron chi connectivity index (χ2n) is 4.16. The zero-order valence-electron chi connectivity index (χ0n) is 10.1. The van der Waals surface area contributed by atoms with Gasteiger partial charge in [0, 0.05) is 5.33 Å². The molecule has 4 heteroatoms. The van der Waals surface area contributed by atoms with Crippen LogP contribution in [0.3, 0.4) is 0 Å². The molecular formula is C13H14Br2N2. The van der Waals surface area contributed by atoms with Crippen LogP contribution < -0.4 is 0 Å². The smallest absolute Gasteiger partial charge is 0.0743 e. The minimum Gasteiger partial charge on any atom is -0.236 e. The van der Waals surface area contributed by atoms with Gasteiger partial charge < -0.3 is 0 Å². The van der Waals surface area contributed by atoms with Crippen LogP contribution in [0, 0.1) is 20.8 Å². The molecule has 0 atom stereocenters. The second kappa shape index (κ2) is 4.94. The highest BCUT2D eigenvalue weighted by Gasteiger charge is 2.12. The van der Waals surface area contributed by atoms with Gasteiger partial charge >= 0.3 is 0 Å². The van der Waals surface area contributed by atoms with E-state index in [1.165, 1.54) is 11.1 Å². The summed E-state index contributed by atoms with van der Waals surface area (Å²) < 4.78 is 3.08. The number of halogens is 2. The summed E-state index contributed by atoms with van der Waals surface area (Å²) in [7, 11) is 0. The Morgan fingerprint density at radius 2 is 1.94 bits per heavy atom. The highest BCUT2D eigenvalue weighted by molar-refractivity contribution is 9.10. The van der Waals surface area contributed by atoms with Crippen molar-refractivity contribution in [1.82, 2.24) is 9.78 Å². The Hall–Kier alpha value is -0.610. The minimum atomic E-state index is 0.833. The molecule has 0 aliphatic carbocycles. The summed E-state index contributed by atoms with van der Waals surface area (Å²) in [6, 6.07) is 6.43. The molecule has 0 spiro atoms.